The van der Waals surface area contributed by atoms with Gasteiger partial charge in [0.25, 0.3) is 0 Å². The van der Waals surface area contributed by atoms with Crippen LogP contribution in [-0.2, 0) is 0 Å². The third-order valence-corrected chi connectivity index (χ3v) is 2.79. The van der Waals surface area contributed by atoms with E-state index in [1.54, 1.807) is 0 Å². The van der Waals surface area contributed by atoms with E-state index in [9.17, 15) is 0 Å². The molecule has 0 spiro atoms. The molecule has 0 fully saturated rings. The summed E-state index contributed by atoms with van der Waals surface area (Å²) in [6, 6.07) is 11.8. The lowest BCUT2D eigenvalue weighted by atomic mass is 10.0. The minimum atomic E-state index is -0.292. The largest absolute Gasteiger partial charge is 0.385 e. The number of nitrogens with two attached hydrogens (primary N) is 2. The third-order valence-electron chi connectivity index (χ3n) is 2.79. The standard InChI is InChI=1S/C12H11N5/c13-11-10(12(14)17-16-11)9-6-5-7-3-1-2-4-8(7)15-9/h1-6,10H,(H2,13,16)(H2,14,17). The van der Waals surface area contributed by atoms with Crippen molar-refractivity contribution >= 4 is 22.6 Å². The van der Waals surface area contributed by atoms with E-state index >= 15 is 0 Å². The number of para-hydroxylation sites is 1. The zero-order valence-electron chi connectivity index (χ0n) is 9.04. The van der Waals surface area contributed by atoms with E-state index in [1.807, 2.05) is 36.4 Å². The van der Waals surface area contributed by atoms with Crippen molar-refractivity contribution in [3.63, 3.8) is 0 Å². The summed E-state index contributed by atoms with van der Waals surface area (Å²) in [4.78, 5) is 4.54. The molecule has 2 heterocycles. The van der Waals surface area contributed by atoms with Crippen molar-refractivity contribution in [1.82, 2.24) is 4.98 Å². The van der Waals surface area contributed by atoms with Crippen LogP contribution in [0.15, 0.2) is 46.6 Å². The van der Waals surface area contributed by atoms with Crippen molar-refractivity contribution < 1.29 is 0 Å². The first-order chi connectivity index (χ1) is 8.25. The van der Waals surface area contributed by atoms with E-state index in [0.717, 1.165) is 16.6 Å². The minimum absolute atomic E-state index is 0.292. The van der Waals surface area contributed by atoms with E-state index in [0.29, 0.717) is 11.7 Å². The van der Waals surface area contributed by atoms with Gasteiger partial charge < -0.3 is 11.5 Å². The average Bonchev–Trinajstić information content (AvgIpc) is 2.68. The predicted molar refractivity (Wildman–Crippen MR) is 67.7 cm³/mol. The number of benzene rings is 1. The summed E-state index contributed by atoms with van der Waals surface area (Å²) in [5.41, 5.74) is 13.2. The quantitative estimate of drug-likeness (QED) is 0.757. The second kappa shape index (κ2) is 3.55. The number of hydrogen-bond acceptors (Lipinski definition) is 5. The summed E-state index contributed by atoms with van der Waals surface area (Å²) >= 11 is 0. The van der Waals surface area contributed by atoms with Crippen LogP contribution in [0.4, 0.5) is 0 Å². The van der Waals surface area contributed by atoms with Gasteiger partial charge in [0.1, 0.15) is 17.6 Å². The Morgan fingerprint density at radius 3 is 2.35 bits per heavy atom. The van der Waals surface area contributed by atoms with E-state index in [-0.39, 0.29) is 5.92 Å². The molecular weight excluding hydrogens is 214 g/mol. The number of rotatable bonds is 1. The molecule has 0 radical (unpaired) electrons. The Kier molecular flexibility index (Phi) is 2.04. The van der Waals surface area contributed by atoms with E-state index in [1.165, 1.54) is 0 Å². The van der Waals surface area contributed by atoms with Gasteiger partial charge in [0.2, 0.25) is 0 Å². The van der Waals surface area contributed by atoms with Crippen molar-refractivity contribution in [2.24, 2.45) is 21.7 Å². The highest BCUT2D eigenvalue weighted by atomic mass is 15.3. The fraction of sp³-hybridized carbons (Fsp3) is 0.0833. The van der Waals surface area contributed by atoms with Crippen LogP contribution in [0.3, 0.4) is 0 Å². The number of hydrogen-bond donors (Lipinski definition) is 2. The summed E-state index contributed by atoms with van der Waals surface area (Å²) in [5.74, 6) is 0.496. The van der Waals surface area contributed by atoms with Gasteiger partial charge in [0.15, 0.2) is 0 Å². The minimum Gasteiger partial charge on any atom is -0.385 e. The van der Waals surface area contributed by atoms with Gasteiger partial charge >= 0.3 is 0 Å². The SMILES string of the molecule is NC1=NN=C(N)C1c1ccc2ccccc2n1. The Balaban J connectivity index is 2.13. The smallest absolute Gasteiger partial charge is 0.139 e. The second-order valence-electron chi connectivity index (χ2n) is 3.91. The summed E-state index contributed by atoms with van der Waals surface area (Å²) < 4.78 is 0. The zero-order chi connectivity index (χ0) is 11.8. The molecule has 3 rings (SSSR count). The molecule has 1 aliphatic rings. The fourth-order valence-corrected chi connectivity index (χ4v) is 1.93. The van der Waals surface area contributed by atoms with Crippen LogP contribution in [0.1, 0.15) is 11.6 Å². The van der Waals surface area contributed by atoms with E-state index in [4.69, 9.17) is 11.5 Å². The molecule has 0 amide bonds. The molecular formula is C12H11N5. The molecule has 0 bridgehead atoms. The summed E-state index contributed by atoms with van der Waals surface area (Å²) in [6.45, 7) is 0. The third kappa shape index (κ3) is 1.52. The number of nitrogens with zero attached hydrogens (tertiary/aromatic N) is 3. The van der Waals surface area contributed by atoms with Crippen molar-refractivity contribution in [3.8, 4) is 0 Å². The predicted octanol–water partition coefficient (Wildman–Crippen LogP) is 0.961. The first-order valence-corrected chi connectivity index (χ1v) is 5.28. The molecule has 1 aromatic heterocycles. The lowest BCUT2D eigenvalue weighted by Gasteiger charge is -2.10. The molecule has 17 heavy (non-hydrogen) atoms. The monoisotopic (exact) mass is 225 g/mol. The van der Waals surface area contributed by atoms with Gasteiger partial charge in [-0.1, -0.05) is 24.3 Å². The van der Waals surface area contributed by atoms with Crippen molar-refractivity contribution in [3.05, 3.63) is 42.1 Å². The van der Waals surface area contributed by atoms with Crippen LogP contribution < -0.4 is 11.5 Å². The molecule has 84 valence electrons. The van der Waals surface area contributed by atoms with Crippen molar-refractivity contribution in [2.45, 2.75) is 5.92 Å². The second-order valence-corrected chi connectivity index (χ2v) is 3.91. The Hall–Kier alpha value is -2.43. The van der Waals surface area contributed by atoms with E-state index < -0.39 is 0 Å². The molecule has 0 atom stereocenters. The molecule has 1 aliphatic heterocycles. The Bertz CT molecular complexity index is 626. The van der Waals surface area contributed by atoms with Gasteiger partial charge in [0, 0.05) is 5.39 Å². The zero-order valence-corrected chi connectivity index (χ0v) is 9.04. The summed E-state index contributed by atoms with van der Waals surface area (Å²) in [7, 11) is 0. The molecule has 4 N–H and O–H groups in total. The van der Waals surface area contributed by atoms with E-state index in [2.05, 4.69) is 15.2 Å². The molecule has 2 aromatic rings. The average molecular weight is 225 g/mol. The van der Waals surface area contributed by atoms with Crippen LogP contribution in [0, 0.1) is 0 Å². The molecule has 0 saturated heterocycles. The number of fused-ring (bicyclic) bond motifs is 1. The van der Waals surface area contributed by atoms with Gasteiger partial charge in [-0.15, -0.1) is 10.2 Å². The highest BCUT2D eigenvalue weighted by Gasteiger charge is 2.26. The van der Waals surface area contributed by atoms with Gasteiger partial charge in [-0.2, -0.15) is 0 Å². The maximum absolute atomic E-state index is 5.76. The molecule has 0 aliphatic carbocycles. The van der Waals surface area contributed by atoms with Crippen LogP contribution in [0.5, 0.6) is 0 Å². The summed E-state index contributed by atoms with van der Waals surface area (Å²) in [6.07, 6.45) is 0. The Morgan fingerprint density at radius 2 is 1.59 bits per heavy atom. The lowest BCUT2D eigenvalue weighted by molar-refractivity contribution is 1.09. The highest BCUT2D eigenvalue weighted by molar-refractivity contribution is 6.11. The molecule has 0 saturated carbocycles. The molecule has 0 unspecified atom stereocenters. The van der Waals surface area contributed by atoms with Gasteiger partial charge in [-0.3, -0.25) is 4.98 Å². The van der Waals surface area contributed by atoms with Crippen LogP contribution >= 0.6 is 0 Å². The Morgan fingerprint density at radius 1 is 0.882 bits per heavy atom. The van der Waals surface area contributed by atoms with Crippen LogP contribution in [-0.4, -0.2) is 16.7 Å². The fourth-order valence-electron chi connectivity index (χ4n) is 1.93. The normalized spacial score (nSPS) is 16.0. The first-order valence-electron chi connectivity index (χ1n) is 5.28. The first kappa shape index (κ1) is 9.77. The molecule has 5 heteroatoms. The number of pyridine rings is 1. The summed E-state index contributed by atoms with van der Waals surface area (Å²) in [5, 5.41) is 8.63. The van der Waals surface area contributed by atoms with Crippen LogP contribution in [0.2, 0.25) is 0 Å². The topological polar surface area (TPSA) is 89.6 Å². The maximum atomic E-state index is 5.76. The highest BCUT2D eigenvalue weighted by Crippen LogP contribution is 2.21. The van der Waals surface area contributed by atoms with Crippen molar-refractivity contribution in [1.29, 1.82) is 0 Å². The maximum Gasteiger partial charge on any atom is 0.139 e. The van der Waals surface area contributed by atoms with Crippen molar-refractivity contribution in [2.75, 3.05) is 0 Å². The number of aromatic nitrogens is 1. The Labute approximate surface area is 97.9 Å². The lowest BCUT2D eigenvalue weighted by Crippen LogP contribution is -2.30. The molecule has 5 nitrogen and oxygen atoms in total. The van der Waals surface area contributed by atoms with Crippen LogP contribution in [0.25, 0.3) is 10.9 Å². The van der Waals surface area contributed by atoms with Gasteiger partial charge in [-0.25, -0.2) is 0 Å². The molecule has 1 aromatic carbocycles. The number of amidine groups is 2. The van der Waals surface area contributed by atoms with Gasteiger partial charge in [-0.05, 0) is 12.1 Å². The van der Waals surface area contributed by atoms with Gasteiger partial charge in [0.05, 0.1) is 11.2 Å².